The largest absolute Gasteiger partial charge is 0.355 e. The summed E-state index contributed by atoms with van der Waals surface area (Å²) in [5.41, 5.74) is 1.56. The minimum Gasteiger partial charge on any atom is -0.355 e. The first-order valence-electron chi connectivity index (χ1n) is 5.49. The highest BCUT2D eigenvalue weighted by Crippen LogP contribution is 2.13. The molecule has 1 aromatic rings. The van der Waals surface area contributed by atoms with E-state index in [1.54, 1.807) is 13.0 Å². The standard InChI is InChI=1S/C13H18FNO/c1-9(2)13(15-8-16)7-11-5-4-10(3)12(14)6-11/h4-6,8-9,13H,7H2,1-3H3,(H,15,16). The fourth-order valence-electron chi connectivity index (χ4n) is 1.59. The summed E-state index contributed by atoms with van der Waals surface area (Å²) in [5.74, 6) is 0.140. The molecule has 0 aliphatic heterocycles. The van der Waals surface area contributed by atoms with Crippen molar-refractivity contribution in [3.05, 3.63) is 35.1 Å². The monoisotopic (exact) mass is 223 g/mol. The fraction of sp³-hybridized carbons (Fsp3) is 0.462. The SMILES string of the molecule is Cc1ccc(CC(NC=O)C(C)C)cc1F. The van der Waals surface area contributed by atoms with Crippen molar-refractivity contribution in [2.24, 2.45) is 5.92 Å². The van der Waals surface area contributed by atoms with Gasteiger partial charge in [-0.25, -0.2) is 4.39 Å². The molecule has 0 aliphatic carbocycles. The fourth-order valence-corrected chi connectivity index (χ4v) is 1.59. The molecule has 1 rings (SSSR count). The Labute approximate surface area is 95.9 Å². The number of benzene rings is 1. The Morgan fingerprint density at radius 3 is 2.62 bits per heavy atom. The highest BCUT2D eigenvalue weighted by atomic mass is 19.1. The third-order valence-electron chi connectivity index (χ3n) is 2.78. The predicted molar refractivity (Wildman–Crippen MR) is 62.7 cm³/mol. The van der Waals surface area contributed by atoms with Gasteiger partial charge >= 0.3 is 0 Å². The topological polar surface area (TPSA) is 29.1 Å². The van der Waals surface area contributed by atoms with E-state index in [2.05, 4.69) is 5.32 Å². The normalized spacial score (nSPS) is 12.6. The van der Waals surface area contributed by atoms with Crippen molar-refractivity contribution in [2.75, 3.05) is 0 Å². The van der Waals surface area contributed by atoms with Gasteiger partial charge < -0.3 is 5.32 Å². The molecule has 1 atom stereocenters. The van der Waals surface area contributed by atoms with E-state index in [4.69, 9.17) is 0 Å². The van der Waals surface area contributed by atoms with Crippen LogP contribution in [-0.2, 0) is 11.2 Å². The minimum atomic E-state index is -0.189. The van der Waals surface area contributed by atoms with Crippen molar-refractivity contribution < 1.29 is 9.18 Å². The van der Waals surface area contributed by atoms with Gasteiger partial charge in [0.05, 0.1) is 0 Å². The molecule has 3 heteroatoms. The summed E-state index contributed by atoms with van der Waals surface area (Å²) in [4.78, 5) is 10.4. The number of amides is 1. The van der Waals surface area contributed by atoms with Crippen LogP contribution in [0, 0.1) is 18.7 Å². The molecule has 88 valence electrons. The summed E-state index contributed by atoms with van der Waals surface area (Å²) in [6.45, 7) is 5.81. The van der Waals surface area contributed by atoms with Crippen LogP contribution in [-0.4, -0.2) is 12.5 Å². The molecule has 0 aromatic heterocycles. The number of carbonyl (C=O) groups excluding carboxylic acids is 1. The first kappa shape index (κ1) is 12.7. The third kappa shape index (κ3) is 3.33. The molecule has 0 bridgehead atoms. The highest BCUT2D eigenvalue weighted by molar-refractivity contribution is 5.47. The molecule has 0 fully saturated rings. The van der Waals surface area contributed by atoms with Crippen molar-refractivity contribution in [3.8, 4) is 0 Å². The lowest BCUT2D eigenvalue weighted by molar-refractivity contribution is -0.110. The van der Waals surface area contributed by atoms with Gasteiger partial charge in [-0.2, -0.15) is 0 Å². The van der Waals surface area contributed by atoms with E-state index in [1.807, 2.05) is 19.9 Å². The van der Waals surface area contributed by atoms with E-state index in [-0.39, 0.29) is 11.9 Å². The Morgan fingerprint density at radius 1 is 1.44 bits per heavy atom. The summed E-state index contributed by atoms with van der Waals surface area (Å²) < 4.78 is 13.3. The van der Waals surface area contributed by atoms with Crippen LogP contribution in [0.2, 0.25) is 0 Å². The minimum absolute atomic E-state index is 0.0552. The van der Waals surface area contributed by atoms with Gasteiger partial charge in [0, 0.05) is 6.04 Å². The lowest BCUT2D eigenvalue weighted by Crippen LogP contribution is -2.34. The maximum atomic E-state index is 13.3. The Kier molecular flexibility index (Phi) is 4.47. The average Bonchev–Trinajstić information content (AvgIpc) is 2.22. The van der Waals surface area contributed by atoms with Crippen LogP contribution < -0.4 is 5.32 Å². The van der Waals surface area contributed by atoms with Crippen LogP contribution in [0.1, 0.15) is 25.0 Å². The summed E-state index contributed by atoms with van der Waals surface area (Å²) in [5, 5.41) is 2.76. The summed E-state index contributed by atoms with van der Waals surface area (Å²) in [6.07, 6.45) is 1.36. The van der Waals surface area contributed by atoms with Gasteiger partial charge in [0.1, 0.15) is 5.82 Å². The number of rotatable bonds is 5. The number of nitrogens with one attached hydrogen (secondary N) is 1. The zero-order chi connectivity index (χ0) is 12.1. The molecule has 0 heterocycles. The molecular formula is C13H18FNO. The second kappa shape index (κ2) is 5.64. The van der Waals surface area contributed by atoms with Crippen LogP contribution in [0.15, 0.2) is 18.2 Å². The van der Waals surface area contributed by atoms with Gasteiger partial charge in [-0.1, -0.05) is 26.0 Å². The van der Waals surface area contributed by atoms with E-state index in [1.165, 1.54) is 6.07 Å². The van der Waals surface area contributed by atoms with Gasteiger partial charge in [0.2, 0.25) is 6.41 Å². The highest BCUT2D eigenvalue weighted by Gasteiger charge is 2.13. The van der Waals surface area contributed by atoms with E-state index in [0.29, 0.717) is 24.3 Å². The van der Waals surface area contributed by atoms with Crippen LogP contribution in [0.4, 0.5) is 4.39 Å². The number of hydrogen-bond donors (Lipinski definition) is 1. The van der Waals surface area contributed by atoms with E-state index >= 15 is 0 Å². The molecule has 0 spiro atoms. The molecule has 1 N–H and O–H groups in total. The molecule has 1 unspecified atom stereocenters. The van der Waals surface area contributed by atoms with Gasteiger partial charge in [-0.15, -0.1) is 0 Å². The molecular weight excluding hydrogens is 205 g/mol. The molecule has 0 saturated carbocycles. The Balaban J connectivity index is 2.77. The van der Waals surface area contributed by atoms with E-state index < -0.39 is 0 Å². The molecule has 0 saturated heterocycles. The molecule has 1 aromatic carbocycles. The molecule has 2 nitrogen and oxygen atoms in total. The predicted octanol–water partition coefficient (Wildman–Crippen LogP) is 2.45. The maximum absolute atomic E-state index is 13.3. The first-order valence-corrected chi connectivity index (χ1v) is 5.49. The Bertz CT molecular complexity index is 363. The second-order valence-electron chi connectivity index (χ2n) is 4.42. The zero-order valence-corrected chi connectivity index (χ0v) is 9.96. The molecule has 1 amide bonds. The molecule has 16 heavy (non-hydrogen) atoms. The van der Waals surface area contributed by atoms with Crippen molar-refractivity contribution >= 4 is 6.41 Å². The van der Waals surface area contributed by atoms with Crippen molar-refractivity contribution in [3.63, 3.8) is 0 Å². The smallest absolute Gasteiger partial charge is 0.207 e. The summed E-state index contributed by atoms with van der Waals surface area (Å²) in [7, 11) is 0. The number of aryl methyl sites for hydroxylation is 1. The van der Waals surface area contributed by atoms with Crippen molar-refractivity contribution in [2.45, 2.75) is 33.2 Å². The van der Waals surface area contributed by atoms with E-state index in [9.17, 15) is 9.18 Å². The first-order chi connectivity index (χ1) is 7.54. The lowest BCUT2D eigenvalue weighted by Gasteiger charge is -2.20. The van der Waals surface area contributed by atoms with Crippen LogP contribution in [0.3, 0.4) is 0 Å². The zero-order valence-electron chi connectivity index (χ0n) is 9.96. The van der Waals surface area contributed by atoms with Crippen LogP contribution in [0.5, 0.6) is 0 Å². The van der Waals surface area contributed by atoms with Crippen molar-refractivity contribution in [1.29, 1.82) is 0 Å². The van der Waals surface area contributed by atoms with Crippen LogP contribution >= 0.6 is 0 Å². The maximum Gasteiger partial charge on any atom is 0.207 e. The van der Waals surface area contributed by atoms with E-state index in [0.717, 1.165) is 5.56 Å². The molecule has 0 radical (unpaired) electrons. The number of hydrogen-bond acceptors (Lipinski definition) is 1. The van der Waals surface area contributed by atoms with Gasteiger partial charge in [-0.05, 0) is 36.5 Å². The Hall–Kier alpha value is -1.38. The van der Waals surface area contributed by atoms with Crippen LogP contribution in [0.25, 0.3) is 0 Å². The third-order valence-corrected chi connectivity index (χ3v) is 2.78. The Morgan fingerprint density at radius 2 is 2.12 bits per heavy atom. The number of carbonyl (C=O) groups is 1. The second-order valence-corrected chi connectivity index (χ2v) is 4.42. The van der Waals surface area contributed by atoms with Gasteiger partial charge in [0.25, 0.3) is 0 Å². The average molecular weight is 223 g/mol. The van der Waals surface area contributed by atoms with Gasteiger partial charge in [-0.3, -0.25) is 4.79 Å². The van der Waals surface area contributed by atoms with Gasteiger partial charge in [0.15, 0.2) is 0 Å². The molecule has 0 aliphatic rings. The van der Waals surface area contributed by atoms with Crippen molar-refractivity contribution in [1.82, 2.24) is 5.32 Å². The summed E-state index contributed by atoms with van der Waals surface area (Å²) in [6, 6.07) is 5.26. The quantitative estimate of drug-likeness (QED) is 0.763. The lowest BCUT2D eigenvalue weighted by atomic mass is 9.96. The number of halogens is 1. The summed E-state index contributed by atoms with van der Waals surface area (Å²) >= 11 is 0.